The van der Waals surface area contributed by atoms with Crippen LogP contribution in [0.5, 0.6) is 0 Å². The Morgan fingerprint density at radius 2 is 1.85 bits per heavy atom. The van der Waals surface area contributed by atoms with Gasteiger partial charge in [0.2, 0.25) is 0 Å². The Bertz CT molecular complexity index is 613. The van der Waals surface area contributed by atoms with E-state index in [0.717, 1.165) is 5.56 Å². The van der Waals surface area contributed by atoms with Crippen molar-refractivity contribution in [2.24, 2.45) is 0 Å². The van der Waals surface area contributed by atoms with Crippen molar-refractivity contribution in [3.8, 4) is 0 Å². The zero-order valence-corrected chi connectivity index (χ0v) is 14.0. The van der Waals surface area contributed by atoms with Gasteiger partial charge >= 0.3 is 0 Å². The van der Waals surface area contributed by atoms with Crippen molar-refractivity contribution in [1.29, 1.82) is 0 Å². The van der Waals surface area contributed by atoms with Gasteiger partial charge in [0, 0.05) is 12.1 Å². The van der Waals surface area contributed by atoms with E-state index in [1.54, 1.807) is 18.2 Å². The fourth-order valence-corrected chi connectivity index (χ4v) is 3.59. The minimum atomic E-state index is -0.449. The first-order chi connectivity index (χ1) is 9.50. The summed E-state index contributed by atoms with van der Waals surface area (Å²) < 4.78 is 0. The Morgan fingerprint density at radius 3 is 2.35 bits per heavy atom. The van der Waals surface area contributed by atoms with Gasteiger partial charge in [0.1, 0.15) is 0 Å². The summed E-state index contributed by atoms with van der Waals surface area (Å²) >= 11 is 8.25. The molecular formula is C13H9Br2NO3S. The second-order valence-corrected chi connectivity index (χ2v) is 6.91. The van der Waals surface area contributed by atoms with E-state index in [-0.39, 0.29) is 16.3 Å². The van der Waals surface area contributed by atoms with Crippen LogP contribution < -0.4 is 0 Å². The van der Waals surface area contributed by atoms with Crippen LogP contribution in [-0.4, -0.2) is 15.5 Å². The summed E-state index contributed by atoms with van der Waals surface area (Å²) in [6, 6.07) is 9.75. The summed E-state index contributed by atoms with van der Waals surface area (Å²) in [4.78, 5) is 22.4. The number of rotatable bonds is 5. The first-order valence-corrected chi connectivity index (χ1v) is 8.32. The molecule has 0 aliphatic heterocycles. The van der Waals surface area contributed by atoms with E-state index in [1.807, 2.05) is 11.4 Å². The van der Waals surface area contributed by atoms with E-state index in [4.69, 9.17) is 0 Å². The second-order valence-electron chi connectivity index (χ2n) is 3.99. The highest BCUT2D eigenvalue weighted by atomic mass is 79.9. The standard InChI is InChI=1S/C13H9Br2NO3S/c14-11(8-3-5-9(6-4-8)16(18)19)12(15)13(17)10-2-1-7-20-10/h1-7,11-12H/t11-,12-/m0/s1. The number of benzene rings is 1. The molecule has 2 aromatic rings. The maximum atomic E-state index is 12.2. The summed E-state index contributed by atoms with van der Waals surface area (Å²) in [7, 11) is 0. The molecule has 0 saturated carbocycles. The third-order valence-corrected chi connectivity index (χ3v) is 6.29. The number of nitro groups is 1. The Kier molecular flexibility index (Phi) is 5.06. The van der Waals surface area contributed by atoms with E-state index in [0.29, 0.717) is 4.88 Å². The molecular weight excluding hydrogens is 410 g/mol. The lowest BCUT2D eigenvalue weighted by molar-refractivity contribution is -0.384. The molecule has 4 nitrogen and oxygen atoms in total. The molecule has 20 heavy (non-hydrogen) atoms. The topological polar surface area (TPSA) is 60.2 Å². The Morgan fingerprint density at radius 1 is 1.20 bits per heavy atom. The van der Waals surface area contributed by atoms with E-state index in [2.05, 4.69) is 31.9 Å². The molecule has 0 amide bonds. The number of carbonyl (C=O) groups excluding carboxylic acids is 1. The van der Waals surface area contributed by atoms with Crippen LogP contribution >= 0.6 is 43.2 Å². The van der Waals surface area contributed by atoms with Crippen molar-refractivity contribution in [3.05, 3.63) is 62.3 Å². The molecule has 0 bridgehead atoms. The quantitative estimate of drug-likeness (QED) is 0.305. The molecule has 0 aliphatic rings. The molecule has 1 aromatic carbocycles. The summed E-state index contributed by atoms with van der Waals surface area (Å²) in [6.07, 6.45) is 0. The summed E-state index contributed by atoms with van der Waals surface area (Å²) in [5, 5.41) is 12.5. The number of nitro benzene ring substituents is 1. The van der Waals surface area contributed by atoms with Crippen molar-refractivity contribution in [2.75, 3.05) is 0 Å². The first-order valence-electron chi connectivity index (χ1n) is 5.61. The number of halogens is 2. The Hall–Kier alpha value is -1.05. The lowest BCUT2D eigenvalue weighted by atomic mass is 10.1. The normalized spacial score (nSPS) is 13.7. The molecule has 0 spiro atoms. The van der Waals surface area contributed by atoms with Crippen LogP contribution in [0.2, 0.25) is 0 Å². The van der Waals surface area contributed by atoms with Crippen molar-refractivity contribution < 1.29 is 9.72 Å². The Labute approximate surface area is 136 Å². The number of hydrogen-bond acceptors (Lipinski definition) is 4. The Balaban J connectivity index is 2.16. The van der Waals surface area contributed by atoms with Crippen molar-refractivity contribution >= 4 is 54.7 Å². The smallest absolute Gasteiger partial charge is 0.269 e. The zero-order chi connectivity index (χ0) is 14.7. The predicted molar refractivity (Wildman–Crippen MR) is 86.1 cm³/mol. The van der Waals surface area contributed by atoms with Crippen molar-refractivity contribution in [2.45, 2.75) is 9.65 Å². The molecule has 0 saturated heterocycles. The number of ketones is 1. The van der Waals surface area contributed by atoms with Gasteiger partial charge in [-0.05, 0) is 17.0 Å². The van der Waals surface area contributed by atoms with Crippen LogP contribution in [0.3, 0.4) is 0 Å². The number of nitrogens with zero attached hydrogens (tertiary/aromatic N) is 1. The largest absolute Gasteiger partial charge is 0.292 e. The molecule has 1 heterocycles. The van der Waals surface area contributed by atoms with Gasteiger partial charge in [0.05, 0.1) is 19.5 Å². The SMILES string of the molecule is O=C(c1cccs1)[C@@H](Br)[C@@H](Br)c1ccc([N+](=O)[O-])cc1. The fraction of sp³-hybridized carbons (Fsp3) is 0.154. The van der Waals surface area contributed by atoms with Crippen molar-refractivity contribution in [3.63, 3.8) is 0 Å². The lowest BCUT2D eigenvalue weighted by Crippen LogP contribution is -2.18. The molecule has 2 atom stereocenters. The van der Waals surface area contributed by atoms with Crippen LogP contribution in [0.15, 0.2) is 41.8 Å². The van der Waals surface area contributed by atoms with Gasteiger partial charge in [-0.2, -0.15) is 0 Å². The summed E-state index contributed by atoms with van der Waals surface area (Å²) in [5.74, 6) is -0.0137. The highest BCUT2D eigenvalue weighted by molar-refractivity contribution is 9.12. The highest BCUT2D eigenvalue weighted by Gasteiger charge is 2.26. The van der Waals surface area contributed by atoms with Crippen LogP contribution in [0, 0.1) is 10.1 Å². The number of non-ortho nitro benzene ring substituents is 1. The monoisotopic (exact) mass is 417 g/mol. The zero-order valence-electron chi connectivity index (χ0n) is 10.0. The average Bonchev–Trinajstić information content (AvgIpc) is 2.99. The van der Waals surface area contributed by atoms with Crippen LogP contribution in [0.1, 0.15) is 20.1 Å². The van der Waals surface area contributed by atoms with Gasteiger partial charge < -0.3 is 0 Å². The number of alkyl halides is 2. The van der Waals surface area contributed by atoms with Gasteiger partial charge in [0.15, 0.2) is 5.78 Å². The second kappa shape index (κ2) is 6.60. The summed E-state index contributed by atoms with van der Waals surface area (Å²) in [5.41, 5.74) is 0.839. The predicted octanol–water partition coefficient (Wildman–Crippen LogP) is 4.74. The lowest BCUT2D eigenvalue weighted by Gasteiger charge is -2.15. The molecule has 0 unspecified atom stereocenters. The van der Waals surface area contributed by atoms with Gasteiger partial charge in [-0.15, -0.1) is 11.3 Å². The number of hydrogen-bond donors (Lipinski definition) is 0. The summed E-state index contributed by atoms with van der Waals surface area (Å²) in [6.45, 7) is 0. The third kappa shape index (κ3) is 3.34. The van der Waals surface area contributed by atoms with E-state index >= 15 is 0 Å². The molecule has 0 radical (unpaired) electrons. The number of Topliss-reactive ketones (excluding diaryl/α,β-unsaturated/α-hetero) is 1. The maximum absolute atomic E-state index is 12.2. The number of carbonyl (C=O) groups is 1. The molecule has 0 fully saturated rings. The minimum absolute atomic E-state index is 0.0137. The molecule has 104 valence electrons. The molecule has 0 aliphatic carbocycles. The van der Waals surface area contributed by atoms with E-state index < -0.39 is 9.75 Å². The molecule has 0 N–H and O–H groups in total. The van der Waals surface area contributed by atoms with E-state index in [1.165, 1.54) is 23.5 Å². The fourth-order valence-electron chi connectivity index (χ4n) is 1.64. The average molecular weight is 419 g/mol. The van der Waals surface area contributed by atoms with E-state index in [9.17, 15) is 14.9 Å². The highest BCUT2D eigenvalue weighted by Crippen LogP contribution is 2.34. The van der Waals surface area contributed by atoms with Crippen molar-refractivity contribution in [1.82, 2.24) is 0 Å². The van der Waals surface area contributed by atoms with Gasteiger partial charge in [-0.1, -0.05) is 50.1 Å². The third-order valence-electron chi connectivity index (χ3n) is 2.69. The van der Waals surface area contributed by atoms with Crippen LogP contribution in [0.25, 0.3) is 0 Å². The molecule has 2 rings (SSSR count). The molecule has 7 heteroatoms. The number of thiophene rings is 1. The van der Waals surface area contributed by atoms with Gasteiger partial charge in [-0.3, -0.25) is 14.9 Å². The maximum Gasteiger partial charge on any atom is 0.269 e. The minimum Gasteiger partial charge on any atom is -0.292 e. The molecule has 1 aromatic heterocycles. The van der Waals surface area contributed by atoms with Gasteiger partial charge in [-0.25, -0.2) is 0 Å². The van der Waals surface area contributed by atoms with Crippen LogP contribution in [0.4, 0.5) is 5.69 Å². The van der Waals surface area contributed by atoms with Crippen LogP contribution in [-0.2, 0) is 0 Å². The van der Waals surface area contributed by atoms with Gasteiger partial charge in [0.25, 0.3) is 5.69 Å². The first kappa shape index (κ1) is 15.3.